The lowest BCUT2D eigenvalue weighted by molar-refractivity contribution is -0.386. The van der Waals surface area contributed by atoms with Gasteiger partial charge in [0, 0.05) is 19.2 Å². The summed E-state index contributed by atoms with van der Waals surface area (Å²) in [6, 6.07) is 12.2. The van der Waals surface area contributed by atoms with Crippen molar-refractivity contribution < 1.29 is 23.2 Å². The normalized spacial score (nSPS) is 15.2. The van der Waals surface area contributed by atoms with Gasteiger partial charge < -0.3 is 14.8 Å². The van der Waals surface area contributed by atoms with Crippen molar-refractivity contribution in [1.82, 2.24) is 14.3 Å². The summed E-state index contributed by atoms with van der Waals surface area (Å²) in [4.78, 5) is 17.8. The number of ether oxygens (including phenoxy) is 1. The van der Waals surface area contributed by atoms with E-state index in [0.29, 0.717) is 24.1 Å². The van der Waals surface area contributed by atoms with Crippen LogP contribution in [0.5, 0.6) is 5.75 Å². The van der Waals surface area contributed by atoms with E-state index in [1.54, 1.807) is 24.3 Å². The highest BCUT2D eigenvalue weighted by molar-refractivity contribution is 7.89. The number of fused-ring (bicyclic) bond motifs is 1. The third-order valence-electron chi connectivity index (χ3n) is 5.22. The first-order chi connectivity index (χ1) is 15.8. The van der Waals surface area contributed by atoms with Crippen LogP contribution in [0.25, 0.3) is 16.6 Å². The van der Waals surface area contributed by atoms with E-state index in [9.17, 15) is 28.9 Å². The maximum atomic E-state index is 12.7. The van der Waals surface area contributed by atoms with Gasteiger partial charge in [-0.3, -0.25) is 10.1 Å². The van der Waals surface area contributed by atoms with Crippen molar-refractivity contribution in [3.8, 4) is 11.8 Å². The number of aromatic amines is 1. The zero-order valence-electron chi connectivity index (χ0n) is 17.3. The summed E-state index contributed by atoms with van der Waals surface area (Å²) in [6.45, 7) is 0.177. The fraction of sp³-hybridized carbons (Fsp3) is 0.238. The first-order valence-electron chi connectivity index (χ1n) is 10.00. The van der Waals surface area contributed by atoms with Crippen LogP contribution >= 0.6 is 0 Å². The van der Waals surface area contributed by atoms with Gasteiger partial charge in [0.2, 0.25) is 10.0 Å². The Morgan fingerprint density at radius 3 is 2.67 bits per heavy atom. The molecule has 11 nitrogen and oxygen atoms in total. The first kappa shape index (κ1) is 22.3. The van der Waals surface area contributed by atoms with Crippen LogP contribution in [0, 0.1) is 21.4 Å². The highest BCUT2D eigenvalue weighted by Gasteiger charge is 2.30. The van der Waals surface area contributed by atoms with E-state index in [2.05, 4.69) is 9.97 Å². The number of allylic oxidation sites excluding steroid dienone is 1. The lowest BCUT2D eigenvalue weighted by Gasteiger charge is -2.16. The van der Waals surface area contributed by atoms with Gasteiger partial charge in [0.05, 0.1) is 20.9 Å². The summed E-state index contributed by atoms with van der Waals surface area (Å²) in [5.41, 5.74) is 0.520. The third-order valence-corrected chi connectivity index (χ3v) is 7.12. The van der Waals surface area contributed by atoms with Gasteiger partial charge in [-0.05, 0) is 37.1 Å². The first-order valence-corrected chi connectivity index (χ1v) is 11.4. The van der Waals surface area contributed by atoms with Crippen LogP contribution in [0.1, 0.15) is 18.7 Å². The lowest BCUT2D eigenvalue weighted by atomic mass is 10.2. The number of aliphatic hydroxyl groups excluding tert-OH is 1. The lowest BCUT2D eigenvalue weighted by Crippen LogP contribution is -2.27. The fourth-order valence-corrected chi connectivity index (χ4v) is 5.08. The van der Waals surface area contributed by atoms with Gasteiger partial charge in [-0.25, -0.2) is 13.4 Å². The predicted octanol–water partition coefficient (Wildman–Crippen LogP) is 3.13. The van der Waals surface area contributed by atoms with Crippen LogP contribution in [0.15, 0.2) is 53.1 Å². The van der Waals surface area contributed by atoms with Gasteiger partial charge in [0.25, 0.3) is 0 Å². The van der Waals surface area contributed by atoms with Gasteiger partial charge in [-0.15, -0.1) is 0 Å². The number of nitro benzene ring substituents is 1. The fourth-order valence-electron chi connectivity index (χ4n) is 3.54. The molecule has 1 fully saturated rings. The molecule has 2 heterocycles. The second-order valence-electron chi connectivity index (χ2n) is 7.32. The number of sulfonamides is 1. The van der Waals surface area contributed by atoms with Crippen molar-refractivity contribution in [1.29, 1.82) is 5.26 Å². The molecule has 0 radical (unpaired) electrons. The highest BCUT2D eigenvalue weighted by atomic mass is 32.2. The molecule has 170 valence electrons. The molecule has 2 N–H and O–H groups in total. The van der Waals surface area contributed by atoms with Gasteiger partial charge in [0.1, 0.15) is 18.2 Å². The molecule has 0 amide bonds. The number of rotatable bonds is 7. The Morgan fingerprint density at radius 2 is 2.00 bits per heavy atom. The monoisotopic (exact) mass is 469 g/mol. The van der Waals surface area contributed by atoms with Crippen LogP contribution in [-0.4, -0.2) is 52.4 Å². The third kappa shape index (κ3) is 4.36. The molecular formula is C21H19N5O6S. The van der Waals surface area contributed by atoms with Crippen molar-refractivity contribution in [3.05, 3.63) is 64.2 Å². The standard InChI is InChI=1S/C21H19N5O6S/c22-12-15(21-23-16-5-1-2-6-17(16)24-21)19(27)13-32-20-8-7-14(11-18(20)26(28)29)33(30,31)25-9-3-4-10-25/h1-2,5-8,11,27H,3-4,9-10,13H2,(H,23,24)/b19-15-. The molecule has 0 atom stereocenters. The summed E-state index contributed by atoms with van der Waals surface area (Å²) < 4.78 is 32.1. The number of nitriles is 1. The number of aromatic nitrogens is 2. The van der Waals surface area contributed by atoms with Crippen molar-refractivity contribution in [3.63, 3.8) is 0 Å². The number of benzene rings is 2. The largest absolute Gasteiger partial charge is 0.507 e. The quantitative estimate of drug-likeness (QED) is 0.231. The van der Waals surface area contributed by atoms with Crippen molar-refractivity contribution in [2.45, 2.75) is 17.7 Å². The second-order valence-corrected chi connectivity index (χ2v) is 9.26. The molecule has 2 aromatic carbocycles. The van der Waals surface area contributed by atoms with E-state index in [4.69, 9.17) is 4.74 Å². The molecule has 0 aliphatic carbocycles. The molecule has 1 aliphatic rings. The SMILES string of the molecule is N#C/C(=C(/O)COc1ccc(S(=O)(=O)N2CCCC2)cc1[N+](=O)[O-])c1nc2ccccc2[nH]1. The number of aliphatic hydroxyl groups is 1. The van der Waals surface area contributed by atoms with E-state index in [0.717, 1.165) is 18.9 Å². The zero-order valence-corrected chi connectivity index (χ0v) is 18.1. The number of nitro groups is 1. The number of para-hydroxylation sites is 2. The maximum absolute atomic E-state index is 12.7. The molecule has 0 saturated carbocycles. The maximum Gasteiger partial charge on any atom is 0.312 e. The molecule has 4 rings (SSSR count). The molecular weight excluding hydrogens is 450 g/mol. The minimum absolute atomic E-state index is 0.126. The molecule has 0 spiro atoms. The van der Waals surface area contributed by atoms with E-state index in [1.807, 2.05) is 6.07 Å². The molecule has 3 aromatic rings. The van der Waals surface area contributed by atoms with Crippen LogP contribution in [0.2, 0.25) is 0 Å². The molecule has 0 bridgehead atoms. The van der Waals surface area contributed by atoms with E-state index < -0.39 is 33.0 Å². The Morgan fingerprint density at radius 1 is 1.27 bits per heavy atom. The molecule has 33 heavy (non-hydrogen) atoms. The van der Waals surface area contributed by atoms with Crippen molar-refractivity contribution >= 4 is 32.3 Å². The van der Waals surface area contributed by atoms with E-state index in [1.165, 1.54) is 16.4 Å². The summed E-state index contributed by atoms with van der Waals surface area (Å²) >= 11 is 0. The number of nitrogens with one attached hydrogen (secondary N) is 1. The second kappa shape index (κ2) is 8.89. The van der Waals surface area contributed by atoms with Gasteiger partial charge in [-0.1, -0.05) is 12.1 Å². The number of hydrogen-bond donors (Lipinski definition) is 2. The topological polar surface area (TPSA) is 162 Å². The molecule has 1 aliphatic heterocycles. The van der Waals surface area contributed by atoms with E-state index in [-0.39, 0.29) is 22.0 Å². The Kier molecular flexibility index (Phi) is 5.99. The van der Waals surface area contributed by atoms with E-state index >= 15 is 0 Å². The van der Waals surface area contributed by atoms with Crippen LogP contribution in [0.3, 0.4) is 0 Å². The van der Waals surface area contributed by atoms with Crippen molar-refractivity contribution in [2.24, 2.45) is 0 Å². The predicted molar refractivity (Wildman–Crippen MR) is 118 cm³/mol. The average Bonchev–Trinajstić information content (AvgIpc) is 3.48. The van der Waals surface area contributed by atoms with Crippen LogP contribution in [0.4, 0.5) is 5.69 Å². The minimum atomic E-state index is -3.85. The number of H-pyrrole nitrogens is 1. The van der Waals surface area contributed by atoms with Gasteiger partial charge >= 0.3 is 5.69 Å². The summed E-state index contributed by atoms with van der Waals surface area (Å²) in [5, 5.41) is 31.4. The number of hydrogen-bond acceptors (Lipinski definition) is 8. The summed E-state index contributed by atoms with van der Waals surface area (Å²) in [7, 11) is -3.85. The number of imidazole rings is 1. The minimum Gasteiger partial charge on any atom is -0.507 e. The summed E-state index contributed by atoms with van der Waals surface area (Å²) in [6.07, 6.45) is 1.47. The Hall–Kier alpha value is -3.95. The summed E-state index contributed by atoms with van der Waals surface area (Å²) in [5.74, 6) is -0.602. The smallest absolute Gasteiger partial charge is 0.312 e. The average molecular weight is 469 g/mol. The van der Waals surface area contributed by atoms with Crippen LogP contribution < -0.4 is 4.74 Å². The Balaban J connectivity index is 1.60. The Labute approximate surface area is 188 Å². The van der Waals surface area contributed by atoms with Crippen LogP contribution in [-0.2, 0) is 10.0 Å². The highest BCUT2D eigenvalue weighted by Crippen LogP contribution is 2.32. The number of nitrogens with zero attached hydrogens (tertiary/aromatic N) is 4. The molecule has 12 heteroatoms. The molecule has 0 unspecified atom stereocenters. The zero-order chi connectivity index (χ0) is 23.6. The van der Waals surface area contributed by atoms with Gasteiger partial charge in [-0.2, -0.15) is 9.57 Å². The Bertz CT molecular complexity index is 1370. The van der Waals surface area contributed by atoms with Gasteiger partial charge in [0.15, 0.2) is 17.3 Å². The molecule has 1 aromatic heterocycles. The molecule has 1 saturated heterocycles. The van der Waals surface area contributed by atoms with Crippen molar-refractivity contribution in [2.75, 3.05) is 19.7 Å².